The number of hydrogen-bond donors (Lipinski definition) is 3. The highest BCUT2D eigenvalue weighted by Gasteiger charge is 2.27. The fourth-order valence-corrected chi connectivity index (χ4v) is 5.26. The van der Waals surface area contributed by atoms with Crippen molar-refractivity contribution in [2.75, 3.05) is 10.6 Å². The molecule has 49 heavy (non-hydrogen) atoms. The number of aromatic nitrogens is 2. The lowest BCUT2D eigenvalue weighted by Crippen LogP contribution is -2.32. The van der Waals surface area contributed by atoms with E-state index in [2.05, 4.69) is 21.0 Å². The van der Waals surface area contributed by atoms with Gasteiger partial charge in [-0.05, 0) is 119 Å². The van der Waals surface area contributed by atoms with E-state index in [0.717, 1.165) is 24.4 Å². The summed E-state index contributed by atoms with van der Waals surface area (Å²) in [6.45, 7) is 10.7. The van der Waals surface area contributed by atoms with E-state index in [0.29, 0.717) is 45.1 Å². The van der Waals surface area contributed by atoms with Gasteiger partial charge in [-0.1, -0.05) is 18.2 Å². The topological polar surface area (TPSA) is 124 Å². The summed E-state index contributed by atoms with van der Waals surface area (Å²) in [6.07, 6.45) is 1.58. The van der Waals surface area contributed by atoms with Crippen LogP contribution in [0, 0.1) is 5.82 Å². The van der Waals surface area contributed by atoms with Crippen molar-refractivity contribution in [3.63, 3.8) is 0 Å². The molecule has 1 fully saturated rings. The number of alkyl carbamates (subject to hydrolysis) is 1. The van der Waals surface area contributed by atoms with Gasteiger partial charge in [0.2, 0.25) is 0 Å². The van der Waals surface area contributed by atoms with Gasteiger partial charge in [-0.25, -0.2) is 9.18 Å². The lowest BCUT2D eigenvalue weighted by Gasteiger charge is -2.20. The van der Waals surface area contributed by atoms with Crippen molar-refractivity contribution < 1.29 is 28.2 Å². The molecule has 3 N–H and O–H groups in total. The Bertz CT molecular complexity index is 1870. The lowest BCUT2D eigenvalue weighted by atomic mass is 9.99. The lowest BCUT2D eigenvalue weighted by molar-refractivity contribution is -0.153. The quantitative estimate of drug-likeness (QED) is 0.146. The van der Waals surface area contributed by atoms with Crippen LogP contribution >= 0.6 is 0 Å². The molecule has 258 valence electrons. The van der Waals surface area contributed by atoms with Crippen LogP contribution in [-0.2, 0) is 34.3 Å². The largest absolute Gasteiger partial charge is 0.460 e. The molecule has 1 aliphatic rings. The van der Waals surface area contributed by atoms with Gasteiger partial charge >= 0.3 is 12.1 Å². The van der Waals surface area contributed by atoms with Crippen molar-refractivity contribution in [2.45, 2.75) is 84.5 Å². The molecule has 0 bridgehead atoms. The number of aryl methyl sites for hydroxylation is 1. The van der Waals surface area contributed by atoms with Crippen LogP contribution in [-0.4, -0.2) is 39.0 Å². The number of nitrogens with zero attached hydrogens (tertiary/aromatic N) is 2. The molecule has 0 unspecified atom stereocenters. The Balaban J connectivity index is 1.46. The van der Waals surface area contributed by atoms with Crippen LogP contribution in [0.1, 0.15) is 87.5 Å². The van der Waals surface area contributed by atoms with E-state index < -0.39 is 35.0 Å². The summed E-state index contributed by atoms with van der Waals surface area (Å²) in [5, 5.41) is 13.6. The molecule has 3 aromatic carbocycles. The average Bonchev–Trinajstić information content (AvgIpc) is 3.78. The Morgan fingerprint density at radius 3 is 2.29 bits per heavy atom. The maximum Gasteiger partial charge on any atom is 0.407 e. The van der Waals surface area contributed by atoms with E-state index in [1.165, 1.54) is 12.1 Å². The predicted octanol–water partition coefficient (Wildman–Crippen LogP) is 8.01. The first-order valence-corrected chi connectivity index (χ1v) is 16.4. The Morgan fingerprint density at radius 2 is 1.59 bits per heavy atom. The second kappa shape index (κ2) is 14.1. The van der Waals surface area contributed by atoms with Gasteiger partial charge in [0.25, 0.3) is 5.91 Å². The van der Waals surface area contributed by atoms with Gasteiger partial charge < -0.3 is 25.4 Å². The smallest absolute Gasteiger partial charge is 0.407 e. The monoisotopic (exact) mass is 669 g/mol. The van der Waals surface area contributed by atoms with Gasteiger partial charge in [-0.15, -0.1) is 0 Å². The van der Waals surface area contributed by atoms with Crippen LogP contribution in [0.5, 0.6) is 0 Å². The van der Waals surface area contributed by atoms with Gasteiger partial charge in [-0.2, -0.15) is 5.10 Å². The van der Waals surface area contributed by atoms with Crippen LogP contribution in [0.15, 0.2) is 66.7 Å². The third kappa shape index (κ3) is 10.2. The summed E-state index contributed by atoms with van der Waals surface area (Å²) in [4.78, 5) is 38.7. The fourth-order valence-electron chi connectivity index (χ4n) is 5.26. The van der Waals surface area contributed by atoms with Gasteiger partial charge in [0.15, 0.2) is 0 Å². The molecule has 4 aromatic rings. The number of ether oxygens (including phenoxy) is 2. The minimum absolute atomic E-state index is 0.0201. The van der Waals surface area contributed by atoms with Crippen LogP contribution in [0.2, 0.25) is 0 Å². The highest BCUT2D eigenvalue weighted by atomic mass is 19.1. The number of halogens is 1. The van der Waals surface area contributed by atoms with Crippen molar-refractivity contribution >= 4 is 35.2 Å². The second-order valence-electron chi connectivity index (χ2n) is 14.4. The first-order valence-electron chi connectivity index (χ1n) is 16.4. The number of esters is 1. The Labute approximate surface area is 286 Å². The van der Waals surface area contributed by atoms with Gasteiger partial charge in [0.05, 0.1) is 12.1 Å². The molecule has 10 nitrogen and oxygen atoms in total. The van der Waals surface area contributed by atoms with Crippen molar-refractivity contribution in [3.05, 3.63) is 94.9 Å². The van der Waals surface area contributed by atoms with Crippen molar-refractivity contribution in [2.24, 2.45) is 7.05 Å². The number of rotatable bonds is 10. The third-order valence-electron chi connectivity index (χ3n) is 7.51. The molecular weight excluding hydrogens is 625 g/mol. The number of para-hydroxylation sites is 1. The zero-order valence-corrected chi connectivity index (χ0v) is 29.1. The number of amides is 2. The van der Waals surface area contributed by atoms with E-state index in [4.69, 9.17) is 9.47 Å². The molecule has 0 atom stereocenters. The van der Waals surface area contributed by atoms with E-state index >= 15 is 4.39 Å². The number of carbonyl (C=O) groups is 3. The normalized spacial score (nSPS) is 13.1. The number of hydrogen-bond acceptors (Lipinski definition) is 7. The molecule has 0 spiro atoms. The number of benzene rings is 3. The number of carbonyl (C=O) groups excluding carboxylic acids is 3. The minimum Gasteiger partial charge on any atom is -0.460 e. The van der Waals surface area contributed by atoms with Crippen LogP contribution in [0.25, 0.3) is 11.1 Å². The standard InChI is InChI=1S/C38H44FN5O5/c1-37(2,3)48-34(45)20-25-10-8-9-11-31(25)42-35(46)28-16-27(18-30(19-28)41-33-21-32(24-12-13-24)43-44(33)7)26-14-23(15-29(39)17-26)22-40-36(47)49-38(4,5)6/h8-11,14-19,21,24,41H,12-13,20,22H2,1-7H3,(H,40,47)(H,42,46). The van der Waals surface area contributed by atoms with E-state index in [9.17, 15) is 14.4 Å². The molecule has 1 saturated carbocycles. The molecule has 0 saturated heterocycles. The van der Waals surface area contributed by atoms with Gasteiger partial charge in [0, 0.05) is 42.5 Å². The minimum atomic E-state index is -0.675. The predicted molar refractivity (Wildman–Crippen MR) is 187 cm³/mol. The maximum atomic E-state index is 15.0. The summed E-state index contributed by atoms with van der Waals surface area (Å²) < 4.78 is 27.6. The zero-order chi connectivity index (χ0) is 35.5. The molecule has 1 aromatic heterocycles. The van der Waals surface area contributed by atoms with E-state index in [1.807, 2.05) is 19.2 Å². The third-order valence-corrected chi connectivity index (χ3v) is 7.51. The Morgan fingerprint density at radius 1 is 0.898 bits per heavy atom. The average molecular weight is 670 g/mol. The summed E-state index contributed by atoms with van der Waals surface area (Å²) in [6, 6.07) is 18.8. The van der Waals surface area contributed by atoms with Crippen LogP contribution in [0.4, 0.5) is 26.4 Å². The number of nitrogens with one attached hydrogen (secondary N) is 3. The second-order valence-corrected chi connectivity index (χ2v) is 14.4. The van der Waals surface area contributed by atoms with Gasteiger partial charge in [0.1, 0.15) is 22.8 Å². The first-order chi connectivity index (χ1) is 23.0. The highest BCUT2D eigenvalue weighted by Crippen LogP contribution is 2.40. The molecule has 5 rings (SSSR count). The molecule has 2 amide bonds. The Kier molecular flexibility index (Phi) is 10.1. The van der Waals surface area contributed by atoms with Crippen LogP contribution in [0.3, 0.4) is 0 Å². The molecule has 0 aliphatic heterocycles. The molecule has 0 radical (unpaired) electrons. The number of anilines is 3. The molecular formula is C38H44FN5O5. The first kappa shape index (κ1) is 35.1. The summed E-state index contributed by atoms with van der Waals surface area (Å²) in [7, 11) is 1.85. The van der Waals surface area contributed by atoms with E-state index in [-0.39, 0.29) is 13.0 Å². The van der Waals surface area contributed by atoms with Crippen LogP contribution < -0.4 is 16.0 Å². The molecule has 1 aliphatic carbocycles. The SMILES string of the molecule is Cn1nc(C2CC2)cc1Nc1cc(C(=O)Nc2ccccc2CC(=O)OC(C)(C)C)cc(-c2cc(F)cc(CNC(=O)OC(C)(C)C)c2)c1. The van der Waals surface area contributed by atoms with Crippen molar-refractivity contribution in [3.8, 4) is 11.1 Å². The Hall–Kier alpha value is -5.19. The van der Waals surface area contributed by atoms with Gasteiger partial charge in [-0.3, -0.25) is 14.3 Å². The molecule has 11 heteroatoms. The van der Waals surface area contributed by atoms with Crippen molar-refractivity contribution in [1.29, 1.82) is 0 Å². The molecule has 1 heterocycles. The summed E-state index contributed by atoms with van der Waals surface area (Å²) >= 11 is 0. The zero-order valence-electron chi connectivity index (χ0n) is 29.1. The summed E-state index contributed by atoms with van der Waals surface area (Å²) in [5.41, 5.74) is 3.25. The highest BCUT2D eigenvalue weighted by molar-refractivity contribution is 6.06. The fraction of sp³-hybridized carbons (Fsp3) is 0.368. The van der Waals surface area contributed by atoms with E-state index in [1.54, 1.807) is 88.7 Å². The summed E-state index contributed by atoms with van der Waals surface area (Å²) in [5.74, 6) is -0.134. The van der Waals surface area contributed by atoms with Crippen molar-refractivity contribution in [1.82, 2.24) is 15.1 Å². The maximum absolute atomic E-state index is 15.0.